The first-order chi connectivity index (χ1) is 12.5. The maximum absolute atomic E-state index is 12.9. The van der Waals surface area contributed by atoms with E-state index in [-0.39, 0.29) is 18.5 Å². The molecule has 3 aromatic rings. The minimum Gasteiger partial charge on any atom is -0.333 e. The molecule has 3 aromatic heterocycles. The number of hydrogen-bond donors (Lipinski definition) is 0. The second-order valence-electron chi connectivity index (χ2n) is 6.59. The van der Waals surface area contributed by atoms with Crippen molar-refractivity contribution in [2.45, 2.75) is 32.0 Å². The van der Waals surface area contributed by atoms with Gasteiger partial charge in [0.25, 0.3) is 5.56 Å². The number of rotatable bonds is 5. The van der Waals surface area contributed by atoms with Crippen LogP contribution < -0.4 is 11.2 Å². The standard InChI is InChI=1S/C17H19N5O3S/c1-19-10-18-15-14(19)16(24)22(17(25)20(15)2)9-13(23)21(11-5-6-11)8-12-4-3-7-26-12/h3-4,7,10-11H,5-6,8-9H2,1-2H3. The second-order valence-corrected chi connectivity index (χ2v) is 7.62. The summed E-state index contributed by atoms with van der Waals surface area (Å²) >= 11 is 1.59. The number of carbonyl (C=O) groups is 1. The number of amides is 1. The van der Waals surface area contributed by atoms with Gasteiger partial charge >= 0.3 is 5.69 Å². The first-order valence-electron chi connectivity index (χ1n) is 8.40. The van der Waals surface area contributed by atoms with E-state index in [1.54, 1.807) is 34.9 Å². The predicted octanol–water partition coefficient (Wildman–Crippen LogP) is 0.686. The smallest absolute Gasteiger partial charge is 0.332 e. The van der Waals surface area contributed by atoms with Gasteiger partial charge in [-0.25, -0.2) is 14.3 Å². The largest absolute Gasteiger partial charge is 0.333 e. The molecule has 1 aliphatic rings. The van der Waals surface area contributed by atoms with Crippen molar-refractivity contribution in [2.75, 3.05) is 0 Å². The van der Waals surface area contributed by atoms with Crippen LogP contribution in [0.5, 0.6) is 0 Å². The molecule has 0 unspecified atom stereocenters. The number of hydrogen-bond acceptors (Lipinski definition) is 5. The van der Waals surface area contributed by atoms with Crippen molar-refractivity contribution in [1.82, 2.24) is 23.6 Å². The van der Waals surface area contributed by atoms with Gasteiger partial charge in [0.05, 0.1) is 12.9 Å². The number of fused-ring (bicyclic) bond motifs is 1. The maximum Gasteiger partial charge on any atom is 0.332 e. The lowest BCUT2D eigenvalue weighted by Crippen LogP contribution is -2.45. The summed E-state index contributed by atoms with van der Waals surface area (Å²) in [6.45, 7) is 0.263. The maximum atomic E-state index is 12.9. The Labute approximate surface area is 152 Å². The Kier molecular flexibility index (Phi) is 4.03. The third-order valence-corrected chi connectivity index (χ3v) is 5.57. The summed E-state index contributed by atoms with van der Waals surface area (Å²) in [6, 6.07) is 4.14. The van der Waals surface area contributed by atoms with E-state index < -0.39 is 11.2 Å². The summed E-state index contributed by atoms with van der Waals surface area (Å²) in [5, 5.41) is 1.97. The number of nitrogens with zero attached hydrogens (tertiary/aromatic N) is 5. The van der Waals surface area contributed by atoms with Crippen molar-refractivity contribution in [1.29, 1.82) is 0 Å². The van der Waals surface area contributed by atoms with Gasteiger partial charge in [0.1, 0.15) is 6.54 Å². The third-order valence-electron chi connectivity index (χ3n) is 4.71. The van der Waals surface area contributed by atoms with Crippen LogP contribution in [0.1, 0.15) is 17.7 Å². The highest BCUT2D eigenvalue weighted by Gasteiger charge is 2.33. The minimum absolute atomic E-state index is 0.199. The zero-order chi connectivity index (χ0) is 18.4. The summed E-state index contributed by atoms with van der Waals surface area (Å²) in [7, 11) is 3.25. The van der Waals surface area contributed by atoms with Crippen LogP contribution in [0.15, 0.2) is 33.4 Å². The Balaban J connectivity index is 1.70. The summed E-state index contributed by atoms with van der Waals surface area (Å²) in [5.41, 5.74) is -0.371. The van der Waals surface area contributed by atoms with E-state index in [1.165, 1.54) is 10.9 Å². The highest BCUT2D eigenvalue weighted by Crippen LogP contribution is 2.29. The molecule has 8 nitrogen and oxygen atoms in total. The molecule has 26 heavy (non-hydrogen) atoms. The molecule has 3 heterocycles. The van der Waals surface area contributed by atoms with Gasteiger partial charge in [-0.1, -0.05) is 6.07 Å². The van der Waals surface area contributed by atoms with Crippen molar-refractivity contribution >= 4 is 28.4 Å². The molecule has 1 aliphatic carbocycles. The molecule has 0 bridgehead atoms. The van der Waals surface area contributed by atoms with Gasteiger partial charge in [-0.3, -0.25) is 14.2 Å². The van der Waals surface area contributed by atoms with Crippen LogP contribution in [0.25, 0.3) is 11.2 Å². The van der Waals surface area contributed by atoms with Crippen LogP contribution >= 0.6 is 11.3 Å². The van der Waals surface area contributed by atoms with E-state index in [0.29, 0.717) is 17.7 Å². The zero-order valence-electron chi connectivity index (χ0n) is 14.6. The molecule has 0 spiro atoms. The molecule has 0 radical (unpaired) electrons. The van der Waals surface area contributed by atoms with Crippen molar-refractivity contribution in [3.8, 4) is 0 Å². The number of imidazole rings is 1. The first kappa shape index (κ1) is 16.8. The lowest BCUT2D eigenvalue weighted by atomic mass is 10.3. The lowest BCUT2D eigenvalue weighted by molar-refractivity contribution is -0.133. The number of aryl methyl sites for hydroxylation is 2. The van der Waals surface area contributed by atoms with E-state index in [9.17, 15) is 14.4 Å². The van der Waals surface area contributed by atoms with Crippen LogP contribution in [0.2, 0.25) is 0 Å². The van der Waals surface area contributed by atoms with Crippen LogP contribution in [-0.4, -0.2) is 35.5 Å². The molecule has 1 amide bonds. The average molecular weight is 373 g/mol. The van der Waals surface area contributed by atoms with Crippen molar-refractivity contribution in [2.24, 2.45) is 14.1 Å². The van der Waals surface area contributed by atoms with Gasteiger partial charge in [0.2, 0.25) is 5.91 Å². The molecule has 0 atom stereocenters. The van der Waals surface area contributed by atoms with Gasteiger partial charge in [-0.15, -0.1) is 11.3 Å². The van der Waals surface area contributed by atoms with E-state index in [2.05, 4.69) is 4.98 Å². The SMILES string of the molecule is Cn1cnc2c1c(=O)n(CC(=O)N(Cc1cccs1)C1CC1)c(=O)n2C. The topological polar surface area (TPSA) is 82.1 Å². The fourth-order valence-corrected chi connectivity index (χ4v) is 3.84. The van der Waals surface area contributed by atoms with E-state index in [1.807, 2.05) is 17.5 Å². The lowest BCUT2D eigenvalue weighted by Gasteiger charge is -2.22. The number of thiophene rings is 1. The second kappa shape index (κ2) is 6.24. The Morgan fingerprint density at radius 3 is 2.77 bits per heavy atom. The van der Waals surface area contributed by atoms with Gasteiger partial charge in [-0.2, -0.15) is 0 Å². The minimum atomic E-state index is -0.526. The molecule has 4 rings (SSSR count). The van der Waals surface area contributed by atoms with Crippen molar-refractivity contribution in [3.05, 3.63) is 49.6 Å². The predicted molar refractivity (Wildman–Crippen MR) is 98.1 cm³/mol. The highest BCUT2D eigenvalue weighted by molar-refractivity contribution is 7.09. The summed E-state index contributed by atoms with van der Waals surface area (Å²) < 4.78 is 3.89. The molecule has 0 saturated heterocycles. The first-order valence-corrected chi connectivity index (χ1v) is 9.28. The monoisotopic (exact) mass is 373 g/mol. The molecule has 136 valence electrons. The van der Waals surface area contributed by atoms with E-state index in [4.69, 9.17) is 0 Å². The molecule has 0 aromatic carbocycles. The Hall–Kier alpha value is -2.68. The van der Waals surface area contributed by atoms with Gasteiger partial charge in [0.15, 0.2) is 11.2 Å². The molecule has 9 heteroatoms. The molecule has 1 saturated carbocycles. The van der Waals surface area contributed by atoms with Crippen LogP contribution in [0, 0.1) is 0 Å². The number of carbonyl (C=O) groups excluding carboxylic acids is 1. The highest BCUT2D eigenvalue weighted by atomic mass is 32.1. The normalized spacial score (nSPS) is 14.1. The molecular weight excluding hydrogens is 354 g/mol. The molecule has 0 aliphatic heterocycles. The summed E-state index contributed by atoms with van der Waals surface area (Å²) in [6.07, 6.45) is 3.42. The van der Waals surface area contributed by atoms with Crippen molar-refractivity contribution < 1.29 is 4.79 Å². The Bertz CT molecular complexity index is 1090. The van der Waals surface area contributed by atoms with Crippen LogP contribution in [0.4, 0.5) is 0 Å². The quantitative estimate of drug-likeness (QED) is 0.659. The van der Waals surface area contributed by atoms with Crippen molar-refractivity contribution in [3.63, 3.8) is 0 Å². The third kappa shape index (κ3) is 2.78. The van der Waals surface area contributed by atoms with Gasteiger partial charge in [0, 0.05) is 25.0 Å². The van der Waals surface area contributed by atoms with E-state index >= 15 is 0 Å². The summed E-state index contributed by atoms with van der Waals surface area (Å²) in [5.74, 6) is -0.207. The molecule has 0 N–H and O–H groups in total. The summed E-state index contributed by atoms with van der Waals surface area (Å²) in [4.78, 5) is 45.2. The zero-order valence-corrected chi connectivity index (χ0v) is 15.4. The van der Waals surface area contributed by atoms with Gasteiger partial charge in [-0.05, 0) is 24.3 Å². The average Bonchev–Trinajstić information content (AvgIpc) is 3.18. The number of aromatic nitrogens is 4. The fraction of sp³-hybridized carbons (Fsp3) is 0.412. The van der Waals surface area contributed by atoms with Gasteiger partial charge < -0.3 is 9.47 Å². The Morgan fingerprint density at radius 1 is 1.35 bits per heavy atom. The molecule has 1 fully saturated rings. The fourth-order valence-electron chi connectivity index (χ4n) is 3.14. The molecular formula is C17H19N5O3S. The van der Waals surface area contributed by atoms with Crippen LogP contribution in [0.3, 0.4) is 0 Å². The Morgan fingerprint density at radius 2 is 2.12 bits per heavy atom. The van der Waals surface area contributed by atoms with Crippen LogP contribution in [-0.2, 0) is 32.0 Å². The van der Waals surface area contributed by atoms with E-state index in [0.717, 1.165) is 22.3 Å².